The second kappa shape index (κ2) is 6.04. The van der Waals surface area contributed by atoms with Gasteiger partial charge < -0.3 is 15.4 Å². The number of anilines is 3. The van der Waals surface area contributed by atoms with E-state index in [1.807, 2.05) is 13.0 Å². The zero-order chi connectivity index (χ0) is 13.7. The smallest absolute Gasteiger partial charge is 0.167 e. The third kappa shape index (κ3) is 3.34. The van der Waals surface area contributed by atoms with Crippen LogP contribution < -0.4 is 15.4 Å². The van der Waals surface area contributed by atoms with Gasteiger partial charge in [-0.25, -0.2) is 4.39 Å². The summed E-state index contributed by atoms with van der Waals surface area (Å²) in [6.07, 6.45) is 3.42. The third-order valence-corrected chi connectivity index (χ3v) is 2.56. The molecule has 1 aromatic carbocycles. The summed E-state index contributed by atoms with van der Waals surface area (Å²) in [5.41, 5.74) is 2.36. The van der Waals surface area contributed by atoms with Gasteiger partial charge in [-0.2, -0.15) is 0 Å². The molecule has 0 saturated heterocycles. The molecule has 2 N–H and O–H groups in total. The summed E-state index contributed by atoms with van der Waals surface area (Å²) in [6.45, 7) is 2.83. The van der Waals surface area contributed by atoms with Crippen LogP contribution in [0.5, 0.6) is 5.75 Å². The largest absolute Gasteiger partial charge is 0.494 e. The number of aromatic nitrogens is 1. The minimum Gasteiger partial charge on any atom is -0.494 e. The average molecular weight is 261 g/mol. The van der Waals surface area contributed by atoms with Crippen LogP contribution >= 0.6 is 0 Å². The lowest BCUT2D eigenvalue weighted by molar-refractivity contribution is 0.386. The predicted molar refractivity (Wildman–Crippen MR) is 74.6 cm³/mol. The van der Waals surface area contributed by atoms with Crippen LogP contribution in [0.2, 0.25) is 0 Å². The second-order valence-electron chi connectivity index (χ2n) is 3.97. The van der Waals surface area contributed by atoms with Gasteiger partial charge in [0.25, 0.3) is 0 Å². The highest BCUT2D eigenvalue weighted by Crippen LogP contribution is 2.24. The third-order valence-electron chi connectivity index (χ3n) is 2.56. The maximum atomic E-state index is 13.6. The number of rotatable bonds is 5. The Morgan fingerprint density at radius 2 is 1.95 bits per heavy atom. The van der Waals surface area contributed by atoms with Gasteiger partial charge in [-0.15, -0.1) is 0 Å². The first-order valence-corrected chi connectivity index (χ1v) is 6.02. The molecule has 0 aliphatic carbocycles. The fraction of sp³-hybridized carbons (Fsp3) is 0.214. The number of nitrogens with zero attached hydrogens (tertiary/aromatic N) is 1. The van der Waals surface area contributed by atoms with E-state index in [2.05, 4.69) is 15.6 Å². The Hall–Kier alpha value is -2.30. The molecule has 0 aliphatic heterocycles. The van der Waals surface area contributed by atoms with Gasteiger partial charge in [0.05, 0.1) is 30.9 Å². The highest BCUT2D eigenvalue weighted by Gasteiger charge is 2.04. The van der Waals surface area contributed by atoms with Gasteiger partial charge in [-0.1, -0.05) is 0 Å². The molecule has 0 saturated carbocycles. The van der Waals surface area contributed by atoms with E-state index < -0.39 is 5.82 Å². The van der Waals surface area contributed by atoms with Crippen molar-refractivity contribution in [3.8, 4) is 5.75 Å². The lowest BCUT2D eigenvalue weighted by Crippen LogP contribution is -1.99. The van der Waals surface area contributed by atoms with Crippen molar-refractivity contribution < 1.29 is 9.13 Å². The first-order chi connectivity index (χ1) is 9.22. The Labute approximate surface area is 111 Å². The van der Waals surface area contributed by atoms with Gasteiger partial charge in [0, 0.05) is 18.3 Å². The van der Waals surface area contributed by atoms with E-state index in [0.717, 1.165) is 17.9 Å². The molecule has 100 valence electrons. The van der Waals surface area contributed by atoms with Crippen LogP contribution in [-0.4, -0.2) is 18.6 Å². The summed E-state index contributed by atoms with van der Waals surface area (Å²) in [7, 11) is 1.44. The second-order valence-corrected chi connectivity index (χ2v) is 3.97. The molecule has 0 aliphatic rings. The fourth-order valence-electron chi connectivity index (χ4n) is 1.72. The Morgan fingerprint density at radius 3 is 2.63 bits per heavy atom. The zero-order valence-electron chi connectivity index (χ0n) is 10.9. The molecular formula is C14H16FN3O. The maximum Gasteiger partial charge on any atom is 0.167 e. The summed E-state index contributed by atoms with van der Waals surface area (Å²) in [6, 6.07) is 6.64. The number of pyridine rings is 1. The average Bonchev–Trinajstić information content (AvgIpc) is 2.40. The summed E-state index contributed by atoms with van der Waals surface area (Å²) < 4.78 is 18.4. The quantitative estimate of drug-likeness (QED) is 0.866. The molecule has 5 heteroatoms. The highest BCUT2D eigenvalue weighted by molar-refractivity contribution is 5.63. The summed E-state index contributed by atoms with van der Waals surface area (Å²) >= 11 is 0. The summed E-state index contributed by atoms with van der Waals surface area (Å²) in [5.74, 6) is -0.173. The number of hydrogen-bond donors (Lipinski definition) is 2. The Balaban J connectivity index is 2.16. The number of halogens is 1. The Bertz CT molecular complexity index is 560. The van der Waals surface area contributed by atoms with Crippen LogP contribution in [0.15, 0.2) is 36.7 Å². The molecule has 0 radical (unpaired) electrons. The molecular weight excluding hydrogens is 245 g/mol. The van der Waals surface area contributed by atoms with Crippen molar-refractivity contribution >= 4 is 17.1 Å². The molecule has 0 spiro atoms. The number of ether oxygens (including phenoxy) is 1. The molecule has 2 aromatic rings. The van der Waals surface area contributed by atoms with Crippen molar-refractivity contribution in [3.63, 3.8) is 0 Å². The van der Waals surface area contributed by atoms with Gasteiger partial charge in [0.1, 0.15) is 0 Å². The normalized spacial score (nSPS) is 10.1. The van der Waals surface area contributed by atoms with Crippen molar-refractivity contribution in [3.05, 3.63) is 42.5 Å². The molecule has 1 aromatic heterocycles. The maximum absolute atomic E-state index is 13.6. The lowest BCUT2D eigenvalue weighted by atomic mass is 10.2. The predicted octanol–water partition coefficient (Wildman–Crippen LogP) is 3.40. The van der Waals surface area contributed by atoms with Gasteiger partial charge in [0.15, 0.2) is 11.6 Å². The van der Waals surface area contributed by atoms with E-state index in [1.165, 1.54) is 13.2 Å². The standard InChI is InChI=1S/C14H16FN3O/c1-3-17-11-6-12(9-16-8-11)18-10-4-5-14(19-2)13(15)7-10/h4-9,17-18H,3H2,1-2H3. The molecule has 0 unspecified atom stereocenters. The van der Waals surface area contributed by atoms with Crippen LogP contribution in [0.3, 0.4) is 0 Å². The van der Waals surface area contributed by atoms with Gasteiger partial charge in [-0.3, -0.25) is 4.98 Å². The van der Waals surface area contributed by atoms with Gasteiger partial charge in [-0.05, 0) is 25.1 Å². The van der Waals surface area contributed by atoms with Crippen molar-refractivity contribution in [2.45, 2.75) is 6.92 Å². The van der Waals surface area contributed by atoms with Crippen LogP contribution in [0.25, 0.3) is 0 Å². The Kier molecular flexibility index (Phi) is 4.18. The summed E-state index contributed by atoms with van der Waals surface area (Å²) in [4.78, 5) is 4.11. The molecule has 2 rings (SSSR count). The topological polar surface area (TPSA) is 46.2 Å². The van der Waals surface area contributed by atoms with Crippen LogP contribution in [0, 0.1) is 5.82 Å². The highest BCUT2D eigenvalue weighted by atomic mass is 19.1. The van der Waals surface area contributed by atoms with E-state index in [-0.39, 0.29) is 5.75 Å². The first-order valence-electron chi connectivity index (χ1n) is 6.02. The van der Waals surface area contributed by atoms with E-state index >= 15 is 0 Å². The molecule has 0 bridgehead atoms. The first kappa shape index (κ1) is 13.1. The van der Waals surface area contributed by atoms with Crippen molar-refractivity contribution in [1.29, 1.82) is 0 Å². The summed E-state index contributed by atoms with van der Waals surface area (Å²) in [5, 5.41) is 6.26. The number of methoxy groups -OCH3 is 1. The molecule has 0 fully saturated rings. The molecule has 1 heterocycles. The number of benzene rings is 1. The van der Waals surface area contributed by atoms with Crippen molar-refractivity contribution in [1.82, 2.24) is 4.98 Å². The van der Waals surface area contributed by atoms with Crippen LogP contribution in [0.1, 0.15) is 6.92 Å². The van der Waals surface area contributed by atoms with E-state index in [0.29, 0.717) is 5.69 Å². The molecule has 0 atom stereocenters. The number of hydrogen-bond acceptors (Lipinski definition) is 4. The SMILES string of the molecule is CCNc1cncc(Nc2ccc(OC)c(F)c2)c1. The fourth-order valence-corrected chi connectivity index (χ4v) is 1.72. The van der Waals surface area contributed by atoms with E-state index in [1.54, 1.807) is 24.5 Å². The zero-order valence-corrected chi connectivity index (χ0v) is 10.9. The van der Waals surface area contributed by atoms with Gasteiger partial charge in [0.2, 0.25) is 0 Å². The van der Waals surface area contributed by atoms with Crippen molar-refractivity contribution in [2.75, 3.05) is 24.3 Å². The lowest BCUT2D eigenvalue weighted by Gasteiger charge is -2.09. The van der Waals surface area contributed by atoms with Crippen LogP contribution in [-0.2, 0) is 0 Å². The minimum atomic E-state index is -0.400. The molecule has 0 amide bonds. The van der Waals surface area contributed by atoms with E-state index in [9.17, 15) is 4.39 Å². The minimum absolute atomic E-state index is 0.227. The molecule has 19 heavy (non-hydrogen) atoms. The van der Waals surface area contributed by atoms with Crippen molar-refractivity contribution in [2.24, 2.45) is 0 Å². The van der Waals surface area contributed by atoms with Crippen LogP contribution in [0.4, 0.5) is 21.5 Å². The number of nitrogens with one attached hydrogen (secondary N) is 2. The van der Waals surface area contributed by atoms with Gasteiger partial charge >= 0.3 is 0 Å². The monoisotopic (exact) mass is 261 g/mol. The Morgan fingerprint density at radius 1 is 1.16 bits per heavy atom. The molecule has 4 nitrogen and oxygen atoms in total. The van der Waals surface area contributed by atoms with E-state index in [4.69, 9.17) is 4.74 Å².